The molecule has 8 heteroatoms. The Morgan fingerprint density at radius 1 is 1.38 bits per heavy atom. The minimum atomic E-state index is -5.00. The quantitative estimate of drug-likeness (QED) is 0.903. The molecular weight excluding hydrogens is 349 g/mol. The van der Waals surface area contributed by atoms with E-state index in [1.165, 1.54) is 6.07 Å². The number of pyridine rings is 1. The van der Waals surface area contributed by atoms with Gasteiger partial charge < -0.3 is 14.6 Å². The zero-order valence-electron chi connectivity index (χ0n) is 14.2. The van der Waals surface area contributed by atoms with Gasteiger partial charge in [-0.05, 0) is 36.8 Å². The smallest absolute Gasteiger partial charge is 0.376 e. The first kappa shape index (κ1) is 18.4. The topological polar surface area (TPSA) is 62.4 Å². The highest BCUT2D eigenvalue weighted by molar-refractivity contribution is 5.83. The lowest BCUT2D eigenvalue weighted by Gasteiger charge is -2.26. The van der Waals surface area contributed by atoms with Crippen molar-refractivity contribution >= 4 is 16.8 Å². The Hall–Kier alpha value is -2.35. The second kappa shape index (κ2) is 7.11. The van der Waals surface area contributed by atoms with Crippen LogP contribution in [-0.2, 0) is 16.1 Å². The van der Waals surface area contributed by atoms with Crippen molar-refractivity contribution in [2.75, 3.05) is 13.2 Å². The van der Waals surface area contributed by atoms with E-state index in [9.17, 15) is 22.8 Å². The van der Waals surface area contributed by atoms with Crippen molar-refractivity contribution < 1.29 is 22.7 Å². The summed E-state index contributed by atoms with van der Waals surface area (Å²) in [7, 11) is 0. The fourth-order valence-corrected chi connectivity index (χ4v) is 3.18. The van der Waals surface area contributed by atoms with Crippen LogP contribution in [0.3, 0.4) is 0 Å². The number of alkyl halides is 3. The number of nitrogens with zero attached hydrogens (tertiary/aromatic N) is 1. The molecule has 0 bridgehead atoms. The SMILES string of the molecule is Cc1cccc2cc(CN(C[C@@H]3CCCO3)C(=O)C(F)(F)F)c(=O)[nH]c12. The summed E-state index contributed by atoms with van der Waals surface area (Å²) in [5.74, 6) is -1.96. The average molecular weight is 368 g/mol. The van der Waals surface area contributed by atoms with Crippen molar-refractivity contribution in [3.63, 3.8) is 0 Å². The average Bonchev–Trinajstić information content (AvgIpc) is 3.07. The van der Waals surface area contributed by atoms with E-state index in [4.69, 9.17) is 4.74 Å². The van der Waals surface area contributed by atoms with Crippen LogP contribution >= 0.6 is 0 Å². The van der Waals surface area contributed by atoms with Gasteiger partial charge in [0.2, 0.25) is 0 Å². The zero-order chi connectivity index (χ0) is 18.9. The maximum Gasteiger partial charge on any atom is 0.471 e. The number of aryl methyl sites for hydroxylation is 1. The predicted molar refractivity (Wildman–Crippen MR) is 89.8 cm³/mol. The number of hydrogen-bond donors (Lipinski definition) is 1. The third-order valence-electron chi connectivity index (χ3n) is 4.50. The number of carbonyl (C=O) groups is 1. The number of ether oxygens (including phenoxy) is 1. The Bertz CT molecular complexity index is 870. The van der Waals surface area contributed by atoms with Crippen molar-refractivity contribution in [2.45, 2.75) is 38.6 Å². The van der Waals surface area contributed by atoms with E-state index in [0.717, 1.165) is 12.0 Å². The van der Waals surface area contributed by atoms with Crippen LogP contribution < -0.4 is 5.56 Å². The lowest BCUT2D eigenvalue weighted by molar-refractivity contribution is -0.187. The number of benzene rings is 1. The van der Waals surface area contributed by atoms with Crippen LogP contribution in [0.5, 0.6) is 0 Å². The van der Waals surface area contributed by atoms with Gasteiger partial charge in [-0.3, -0.25) is 9.59 Å². The van der Waals surface area contributed by atoms with Crippen molar-refractivity contribution in [2.24, 2.45) is 0 Å². The maximum atomic E-state index is 13.0. The highest BCUT2D eigenvalue weighted by Gasteiger charge is 2.43. The van der Waals surface area contributed by atoms with Gasteiger partial charge in [-0.2, -0.15) is 13.2 Å². The lowest BCUT2D eigenvalue weighted by Crippen LogP contribution is -2.45. The normalized spacial score (nSPS) is 17.6. The number of halogens is 3. The summed E-state index contributed by atoms with van der Waals surface area (Å²) in [4.78, 5) is 27.5. The largest absolute Gasteiger partial charge is 0.471 e. The molecule has 1 fully saturated rings. The molecule has 0 aliphatic carbocycles. The summed E-state index contributed by atoms with van der Waals surface area (Å²) < 4.78 is 44.2. The lowest BCUT2D eigenvalue weighted by atomic mass is 10.1. The fourth-order valence-electron chi connectivity index (χ4n) is 3.18. The monoisotopic (exact) mass is 368 g/mol. The second-order valence-electron chi connectivity index (χ2n) is 6.48. The number of amides is 1. The number of para-hydroxylation sites is 1. The van der Waals surface area contributed by atoms with Crippen LogP contribution in [0.2, 0.25) is 0 Å². The minimum absolute atomic E-state index is 0.110. The molecule has 0 unspecified atom stereocenters. The fraction of sp³-hybridized carbons (Fsp3) is 0.444. The number of rotatable bonds is 4. The first-order valence-corrected chi connectivity index (χ1v) is 8.35. The van der Waals surface area contributed by atoms with Crippen molar-refractivity contribution in [1.29, 1.82) is 0 Å². The van der Waals surface area contributed by atoms with E-state index in [-0.39, 0.29) is 12.1 Å². The highest BCUT2D eigenvalue weighted by Crippen LogP contribution is 2.23. The van der Waals surface area contributed by atoms with E-state index in [1.807, 2.05) is 13.0 Å². The second-order valence-corrected chi connectivity index (χ2v) is 6.48. The molecule has 0 saturated carbocycles. The predicted octanol–water partition coefficient (Wildman–Crippen LogP) is 2.91. The van der Waals surface area contributed by atoms with Gasteiger partial charge in [0.15, 0.2) is 0 Å². The number of hydrogen-bond acceptors (Lipinski definition) is 3. The Morgan fingerprint density at radius 2 is 2.15 bits per heavy atom. The van der Waals surface area contributed by atoms with Crippen LogP contribution in [0.4, 0.5) is 13.2 Å². The van der Waals surface area contributed by atoms with Crippen LogP contribution in [0, 0.1) is 6.92 Å². The molecule has 1 aromatic heterocycles. The van der Waals surface area contributed by atoms with E-state index < -0.39 is 30.3 Å². The molecule has 26 heavy (non-hydrogen) atoms. The molecule has 0 spiro atoms. The van der Waals surface area contributed by atoms with E-state index >= 15 is 0 Å². The molecule has 1 N–H and O–H groups in total. The van der Waals surface area contributed by atoms with Crippen molar-refractivity contribution in [1.82, 2.24) is 9.88 Å². The zero-order valence-corrected chi connectivity index (χ0v) is 14.2. The van der Waals surface area contributed by atoms with E-state index in [1.54, 1.807) is 12.1 Å². The van der Waals surface area contributed by atoms with Gasteiger partial charge in [-0.25, -0.2) is 0 Å². The number of H-pyrrole nitrogens is 1. The first-order chi connectivity index (χ1) is 12.3. The van der Waals surface area contributed by atoms with Crippen molar-refractivity contribution in [3.05, 3.63) is 45.7 Å². The molecule has 3 rings (SSSR count). The van der Waals surface area contributed by atoms with Gasteiger partial charge >= 0.3 is 12.1 Å². The molecule has 5 nitrogen and oxygen atoms in total. The summed E-state index contributed by atoms with van der Waals surface area (Å²) in [6.07, 6.45) is -4.11. The maximum absolute atomic E-state index is 13.0. The van der Waals surface area contributed by atoms with Crippen LogP contribution in [0.15, 0.2) is 29.1 Å². The van der Waals surface area contributed by atoms with Gasteiger partial charge in [0, 0.05) is 18.7 Å². The summed E-state index contributed by atoms with van der Waals surface area (Å²) >= 11 is 0. The Labute approximate surface area is 147 Å². The van der Waals surface area contributed by atoms with E-state index in [2.05, 4.69) is 4.98 Å². The first-order valence-electron chi connectivity index (χ1n) is 8.35. The molecule has 1 aliphatic rings. The third-order valence-corrected chi connectivity index (χ3v) is 4.50. The number of fused-ring (bicyclic) bond motifs is 1. The summed E-state index contributed by atoms with van der Waals surface area (Å²) in [5.41, 5.74) is 1.10. The van der Waals surface area contributed by atoms with Crippen molar-refractivity contribution in [3.8, 4) is 0 Å². The van der Waals surface area contributed by atoms with Crippen LogP contribution in [0.25, 0.3) is 10.9 Å². The molecule has 2 heterocycles. The molecule has 2 aromatic rings. The molecular formula is C18H19F3N2O3. The molecule has 1 atom stereocenters. The number of nitrogens with one attached hydrogen (secondary N) is 1. The summed E-state index contributed by atoms with van der Waals surface area (Å²) in [5, 5.41) is 0.705. The van der Waals surface area contributed by atoms with Gasteiger partial charge in [-0.15, -0.1) is 0 Å². The summed E-state index contributed by atoms with van der Waals surface area (Å²) in [6, 6.07) is 6.92. The van der Waals surface area contributed by atoms with Crippen LogP contribution in [0.1, 0.15) is 24.0 Å². The highest BCUT2D eigenvalue weighted by atomic mass is 19.4. The third kappa shape index (κ3) is 3.90. The molecule has 1 amide bonds. The number of carbonyl (C=O) groups excluding carboxylic acids is 1. The minimum Gasteiger partial charge on any atom is -0.376 e. The van der Waals surface area contributed by atoms with Gasteiger partial charge in [0.1, 0.15) is 0 Å². The molecule has 0 radical (unpaired) electrons. The molecule has 140 valence electrons. The molecule has 1 aromatic carbocycles. The Balaban J connectivity index is 1.92. The van der Waals surface area contributed by atoms with Crippen LogP contribution in [-0.4, -0.2) is 41.2 Å². The Morgan fingerprint density at radius 3 is 2.81 bits per heavy atom. The number of aromatic amines is 1. The van der Waals surface area contributed by atoms with Gasteiger partial charge in [0.05, 0.1) is 18.2 Å². The summed E-state index contributed by atoms with van der Waals surface area (Å²) in [6.45, 7) is 1.68. The molecule has 1 saturated heterocycles. The van der Waals surface area contributed by atoms with Gasteiger partial charge in [-0.1, -0.05) is 18.2 Å². The van der Waals surface area contributed by atoms with E-state index in [0.29, 0.717) is 28.8 Å². The van der Waals surface area contributed by atoms with Gasteiger partial charge in [0.25, 0.3) is 5.56 Å². The Kier molecular flexibility index (Phi) is 5.04. The standard InChI is InChI=1S/C18H19F3N2O3/c1-11-4-2-5-12-8-13(16(24)22-15(11)12)9-23(17(25)18(19,20)21)10-14-6-3-7-26-14/h2,4-5,8,14H,3,6-7,9-10H2,1H3,(H,22,24)/t14-/m0/s1. The molecule has 1 aliphatic heterocycles. The number of aromatic nitrogens is 1.